The Labute approximate surface area is 114 Å². The summed E-state index contributed by atoms with van der Waals surface area (Å²) in [5, 5.41) is 7.46. The van der Waals surface area contributed by atoms with E-state index >= 15 is 0 Å². The Kier molecular flexibility index (Phi) is 4.93. The van der Waals surface area contributed by atoms with E-state index in [9.17, 15) is 0 Å². The highest BCUT2D eigenvalue weighted by Gasteiger charge is 2.15. The summed E-state index contributed by atoms with van der Waals surface area (Å²) in [6.45, 7) is 2.08. The van der Waals surface area contributed by atoms with Crippen molar-refractivity contribution in [1.82, 2.24) is 15.6 Å². The van der Waals surface area contributed by atoms with Crippen LogP contribution < -0.4 is 10.6 Å². The van der Waals surface area contributed by atoms with E-state index in [0.29, 0.717) is 6.04 Å². The fourth-order valence-electron chi connectivity index (χ4n) is 2.38. The van der Waals surface area contributed by atoms with E-state index in [0.717, 1.165) is 10.8 Å². The Hall–Kier alpha value is -1.16. The zero-order chi connectivity index (χ0) is 12.8. The average Bonchev–Trinajstić information content (AvgIpc) is 2.40. The van der Waals surface area contributed by atoms with Gasteiger partial charge in [0.15, 0.2) is 5.11 Å². The molecule has 2 N–H and O–H groups in total. The summed E-state index contributed by atoms with van der Waals surface area (Å²) < 4.78 is 0. The van der Waals surface area contributed by atoms with Gasteiger partial charge in [-0.05, 0) is 44.1 Å². The summed E-state index contributed by atoms with van der Waals surface area (Å²) in [4.78, 5) is 4.33. The topological polar surface area (TPSA) is 37.0 Å². The van der Waals surface area contributed by atoms with E-state index in [4.69, 9.17) is 12.2 Å². The number of nitrogens with one attached hydrogen (secondary N) is 2. The van der Waals surface area contributed by atoms with Crippen LogP contribution >= 0.6 is 12.2 Å². The molecule has 1 aromatic heterocycles. The summed E-state index contributed by atoms with van der Waals surface area (Å²) in [5.41, 5.74) is 1.02. The molecule has 0 spiro atoms. The molecule has 98 valence electrons. The summed E-state index contributed by atoms with van der Waals surface area (Å²) in [6.07, 6.45) is 8.28. The molecule has 2 rings (SSSR count). The summed E-state index contributed by atoms with van der Waals surface area (Å²) in [6, 6.07) is 6.64. The quantitative estimate of drug-likeness (QED) is 0.822. The zero-order valence-electron chi connectivity index (χ0n) is 10.9. The summed E-state index contributed by atoms with van der Waals surface area (Å²) in [7, 11) is 0. The second-order valence-electron chi connectivity index (χ2n) is 4.93. The molecule has 0 saturated heterocycles. The van der Waals surface area contributed by atoms with Gasteiger partial charge in [0.25, 0.3) is 0 Å². The normalized spacial score (nSPS) is 18.1. The van der Waals surface area contributed by atoms with Crippen LogP contribution in [0.4, 0.5) is 0 Å². The maximum Gasteiger partial charge on any atom is 0.167 e. The molecule has 1 unspecified atom stereocenters. The number of nitrogens with zero attached hydrogens (tertiary/aromatic N) is 1. The second-order valence-corrected chi connectivity index (χ2v) is 5.34. The third kappa shape index (κ3) is 3.95. The van der Waals surface area contributed by atoms with Crippen LogP contribution in [-0.2, 0) is 0 Å². The van der Waals surface area contributed by atoms with E-state index in [1.54, 1.807) is 0 Å². The molecule has 0 amide bonds. The van der Waals surface area contributed by atoms with Gasteiger partial charge in [-0.15, -0.1) is 0 Å². The number of hydrogen-bond acceptors (Lipinski definition) is 2. The number of hydrogen-bond donors (Lipinski definition) is 2. The molecule has 0 bridgehead atoms. The second kappa shape index (κ2) is 6.69. The maximum atomic E-state index is 5.36. The van der Waals surface area contributed by atoms with Crippen LogP contribution in [0, 0.1) is 0 Å². The van der Waals surface area contributed by atoms with Crippen molar-refractivity contribution in [1.29, 1.82) is 0 Å². The van der Waals surface area contributed by atoms with Crippen molar-refractivity contribution in [3.8, 4) is 0 Å². The fraction of sp³-hybridized carbons (Fsp3) is 0.571. The van der Waals surface area contributed by atoms with Crippen LogP contribution in [-0.4, -0.2) is 16.1 Å². The monoisotopic (exact) mass is 263 g/mol. The summed E-state index contributed by atoms with van der Waals surface area (Å²) >= 11 is 5.36. The highest BCUT2D eigenvalue weighted by Crippen LogP contribution is 2.17. The average molecular weight is 263 g/mol. The third-order valence-corrected chi connectivity index (χ3v) is 3.66. The van der Waals surface area contributed by atoms with Crippen molar-refractivity contribution in [3.05, 3.63) is 30.1 Å². The van der Waals surface area contributed by atoms with Crippen molar-refractivity contribution < 1.29 is 0 Å². The van der Waals surface area contributed by atoms with E-state index < -0.39 is 0 Å². The predicted molar refractivity (Wildman–Crippen MR) is 78.4 cm³/mol. The van der Waals surface area contributed by atoms with Crippen molar-refractivity contribution in [2.24, 2.45) is 0 Å². The molecule has 0 aliphatic heterocycles. The number of rotatable bonds is 3. The lowest BCUT2D eigenvalue weighted by Gasteiger charge is -2.25. The standard InChI is InChI=1S/C14H21N3S/c1-11(13-9-5-6-10-15-13)16-14(18)17-12-7-3-2-4-8-12/h5-6,9-12H,2-4,7-8H2,1H3,(H2,16,17,18). The van der Waals surface area contributed by atoms with Gasteiger partial charge in [0.2, 0.25) is 0 Å². The maximum absolute atomic E-state index is 5.36. The molecular weight excluding hydrogens is 242 g/mol. The summed E-state index contributed by atoms with van der Waals surface area (Å²) in [5.74, 6) is 0. The molecule has 1 atom stereocenters. The van der Waals surface area contributed by atoms with Crippen molar-refractivity contribution in [2.45, 2.75) is 51.1 Å². The van der Waals surface area contributed by atoms with Crippen LogP contribution in [0.2, 0.25) is 0 Å². The number of pyridine rings is 1. The van der Waals surface area contributed by atoms with Crippen molar-refractivity contribution in [3.63, 3.8) is 0 Å². The van der Waals surface area contributed by atoms with Crippen molar-refractivity contribution >= 4 is 17.3 Å². The Balaban J connectivity index is 1.80. The molecule has 1 saturated carbocycles. The van der Waals surface area contributed by atoms with Gasteiger partial charge in [-0.1, -0.05) is 25.3 Å². The zero-order valence-corrected chi connectivity index (χ0v) is 11.7. The van der Waals surface area contributed by atoms with E-state index in [1.165, 1.54) is 32.1 Å². The van der Waals surface area contributed by atoms with Crippen LogP contribution in [0.1, 0.15) is 50.8 Å². The predicted octanol–water partition coefficient (Wildman–Crippen LogP) is 2.94. The first-order valence-corrected chi connectivity index (χ1v) is 7.14. The Morgan fingerprint density at radius 2 is 2.11 bits per heavy atom. The molecule has 18 heavy (non-hydrogen) atoms. The van der Waals surface area contributed by atoms with Crippen LogP contribution in [0.15, 0.2) is 24.4 Å². The van der Waals surface area contributed by atoms with E-state index in [1.807, 2.05) is 24.4 Å². The minimum atomic E-state index is 0.148. The number of thiocarbonyl (C=S) groups is 1. The highest BCUT2D eigenvalue weighted by atomic mass is 32.1. The van der Waals surface area contributed by atoms with Gasteiger partial charge in [0, 0.05) is 12.2 Å². The van der Waals surface area contributed by atoms with Crippen molar-refractivity contribution in [2.75, 3.05) is 0 Å². The van der Waals surface area contributed by atoms with Gasteiger partial charge in [-0.25, -0.2) is 0 Å². The Bertz CT molecular complexity index is 374. The molecule has 0 radical (unpaired) electrons. The minimum absolute atomic E-state index is 0.148. The Morgan fingerprint density at radius 3 is 2.78 bits per heavy atom. The van der Waals surface area contributed by atoms with Gasteiger partial charge < -0.3 is 10.6 Å². The molecule has 1 fully saturated rings. The molecule has 1 aromatic rings. The SMILES string of the molecule is CC(NC(=S)NC1CCCCC1)c1ccccn1. The van der Waals surface area contributed by atoms with Gasteiger partial charge in [-0.3, -0.25) is 4.98 Å². The minimum Gasteiger partial charge on any atom is -0.360 e. The van der Waals surface area contributed by atoms with Gasteiger partial charge in [-0.2, -0.15) is 0 Å². The largest absolute Gasteiger partial charge is 0.360 e. The first-order valence-electron chi connectivity index (χ1n) is 6.73. The molecular formula is C14H21N3S. The molecule has 1 aliphatic rings. The van der Waals surface area contributed by atoms with Crippen LogP contribution in [0.3, 0.4) is 0 Å². The molecule has 1 aliphatic carbocycles. The third-order valence-electron chi connectivity index (χ3n) is 3.42. The smallest absolute Gasteiger partial charge is 0.167 e. The van der Waals surface area contributed by atoms with Crippen LogP contribution in [0.25, 0.3) is 0 Å². The van der Waals surface area contributed by atoms with Gasteiger partial charge in [0.05, 0.1) is 11.7 Å². The lowest BCUT2D eigenvalue weighted by Crippen LogP contribution is -2.43. The van der Waals surface area contributed by atoms with E-state index in [-0.39, 0.29) is 6.04 Å². The van der Waals surface area contributed by atoms with Gasteiger partial charge in [0.1, 0.15) is 0 Å². The first-order chi connectivity index (χ1) is 8.75. The highest BCUT2D eigenvalue weighted by molar-refractivity contribution is 7.80. The van der Waals surface area contributed by atoms with Crippen LogP contribution in [0.5, 0.6) is 0 Å². The molecule has 3 nitrogen and oxygen atoms in total. The lowest BCUT2D eigenvalue weighted by atomic mass is 9.96. The fourth-order valence-corrected chi connectivity index (χ4v) is 2.72. The first kappa shape index (κ1) is 13.3. The number of aromatic nitrogens is 1. The molecule has 4 heteroatoms. The molecule has 0 aromatic carbocycles. The Morgan fingerprint density at radius 1 is 1.33 bits per heavy atom. The lowest BCUT2D eigenvalue weighted by molar-refractivity contribution is 0.410. The van der Waals surface area contributed by atoms with E-state index in [2.05, 4.69) is 22.5 Å². The van der Waals surface area contributed by atoms with Gasteiger partial charge >= 0.3 is 0 Å². The molecule has 1 heterocycles.